The minimum atomic E-state index is -3.53. The molecule has 102 valence electrons. The minimum absolute atomic E-state index is 0.479. The molecule has 1 aliphatic heterocycles. The average molecular weight is 276 g/mol. The second kappa shape index (κ2) is 4.41. The van der Waals surface area contributed by atoms with Gasteiger partial charge in [0, 0.05) is 0 Å². The second-order valence-electron chi connectivity index (χ2n) is 3.87. The number of hydrogen-bond donors (Lipinski definition) is 1. The van der Waals surface area contributed by atoms with Crippen molar-refractivity contribution in [1.29, 1.82) is 0 Å². The van der Waals surface area contributed by atoms with E-state index in [1.807, 2.05) is 0 Å². The van der Waals surface area contributed by atoms with Gasteiger partial charge in [-0.25, -0.2) is 18.0 Å². The number of cyclic esters (lactones) is 1. The van der Waals surface area contributed by atoms with Crippen LogP contribution in [0.3, 0.4) is 0 Å². The number of rotatable bonds is 2. The van der Waals surface area contributed by atoms with E-state index in [9.17, 15) is 28.1 Å². The smallest absolute Gasteiger partial charge is 0.408 e. The van der Waals surface area contributed by atoms with Crippen molar-refractivity contribution in [3.8, 4) is 0 Å². The summed E-state index contributed by atoms with van der Waals surface area (Å²) in [4.78, 5) is 20.7. The van der Waals surface area contributed by atoms with Crippen molar-refractivity contribution in [2.45, 2.75) is 12.0 Å². The fourth-order valence-electron chi connectivity index (χ4n) is 1.73. The van der Waals surface area contributed by atoms with E-state index in [-0.39, 0.29) is 0 Å². The summed E-state index contributed by atoms with van der Waals surface area (Å²) in [6.45, 7) is -1.20. The summed E-state index contributed by atoms with van der Waals surface area (Å²) in [6, 6.07) is 0.236. The molecule has 0 aliphatic carbocycles. The molecule has 0 aromatic heterocycles. The van der Waals surface area contributed by atoms with Gasteiger partial charge in [-0.3, -0.25) is 10.1 Å². The van der Waals surface area contributed by atoms with Crippen LogP contribution >= 0.6 is 0 Å². The van der Waals surface area contributed by atoms with Crippen LogP contribution in [-0.2, 0) is 4.74 Å². The number of carbonyl (C=O) groups excluding carboxylic acids is 1. The molecular weight excluding hydrogens is 269 g/mol. The summed E-state index contributed by atoms with van der Waals surface area (Å²) in [6.07, 6.45) is -1.12. The molecule has 0 unspecified atom stereocenters. The molecule has 0 spiro atoms. The van der Waals surface area contributed by atoms with E-state index < -0.39 is 46.7 Å². The Bertz CT molecular complexity index is 550. The lowest BCUT2D eigenvalue weighted by Gasteiger charge is -2.31. The van der Waals surface area contributed by atoms with Gasteiger partial charge in [0.2, 0.25) is 0 Å². The number of amides is 1. The topological polar surface area (TPSA) is 81.5 Å². The fraction of sp³-hybridized carbons (Fsp3) is 0.300. The Labute approximate surface area is 104 Å². The molecule has 1 aliphatic rings. The highest BCUT2D eigenvalue weighted by molar-refractivity contribution is 5.69. The molecule has 1 heterocycles. The molecule has 0 bridgehead atoms. The fourth-order valence-corrected chi connectivity index (χ4v) is 1.73. The molecule has 1 N–H and O–H groups in total. The normalized spacial score (nSPS) is 21.4. The molecule has 0 saturated carbocycles. The van der Waals surface area contributed by atoms with Crippen LogP contribution in [0.25, 0.3) is 0 Å². The maximum Gasteiger partial charge on any atom is 0.408 e. The molecule has 1 aromatic rings. The highest BCUT2D eigenvalue weighted by Gasteiger charge is 2.49. The Morgan fingerprint density at radius 1 is 1.47 bits per heavy atom. The van der Waals surface area contributed by atoms with Crippen LogP contribution in [0.2, 0.25) is 0 Å². The number of alkyl halides is 2. The second-order valence-corrected chi connectivity index (χ2v) is 3.87. The van der Waals surface area contributed by atoms with Gasteiger partial charge in [-0.05, 0) is 12.1 Å². The van der Waals surface area contributed by atoms with Crippen LogP contribution < -0.4 is 5.32 Å². The highest BCUT2D eigenvalue weighted by Crippen LogP contribution is 2.38. The van der Waals surface area contributed by atoms with E-state index in [0.717, 1.165) is 12.1 Å². The van der Waals surface area contributed by atoms with E-state index >= 15 is 0 Å². The van der Waals surface area contributed by atoms with Gasteiger partial charge in [-0.2, -0.15) is 0 Å². The van der Waals surface area contributed by atoms with Crippen molar-refractivity contribution >= 4 is 11.8 Å². The van der Waals surface area contributed by atoms with Gasteiger partial charge >= 0.3 is 12.0 Å². The molecule has 1 saturated heterocycles. The van der Waals surface area contributed by atoms with Crippen LogP contribution in [0.15, 0.2) is 18.2 Å². The first-order valence-corrected chi connectivity index (χ1v) is 5.06. The number of alkyl carbamates (subject to hydrolysis) is 1. The quantitative estimate of drug-likeness (QED) is 0.662. The van der Waals surface area contributed by atoms with Crippen molar-refractivity contribution in [2.75, 3.05) is 6.61 Å². The standard InChI is InChI=1S/C10H7F3N2O4/c11-5-1-2-6(7(3-5)15(17)18)8-10(12,13)4-19-9(16)14-8/h1-3,8H,4H2,(H,14,16)/t8-/m0/s1. The zero-order chi connectivity index (χ0) is 14.2. The Balaban J connectivity index is 2.50. The Hall–Kier alpha value is -2.32. The van der Waals surface area contributed by atoms with E-state index in [1.165, 1.54) is 0 Å². The number of nitro benzene ring substituents is 1. The lowest BCUT2D eigenvalue weighted by Crippen LogP contribution is -2.49. The average Bonchev–Trinajstić information content (AvgIpc) is 2.32. The SMILES string of the molecule is O=C1N[C@@H](c2ccc(F)cc2[N+](=O)[O-])C(F)(F)CO1. The van der Waals surface area contributed by atoms with Crippen LogP contribution in [0.4, 0.5) is 23.7 Å². The van der Waals surface area contributed by atoms with Gasteiger partial charge in [-0.15, -0.1) is 0 Å². The highest BCUT2D eigenvalue weighted by atomic mass is 19.3. The van der Waals surface area contributed by atoms with Crippen molar-refractivity contribution in [2.24, 2.45) is 0 Å². The third-order valence-electron chi connectivity index (χ3n) is 2.58. The Morgan fingerprint density at radius 2 is 2.16 bits per heavy atom. The molecule has 1 aromatic carbocycles. The minimum Gasteiger partial charge on any atom is -0.443 e. The van der Waals surface area contributed by atoms with E-state index in [4.69, 9.17) is 0 Å². The van der Waals surface area contributed by atoms with Crippen LogP contribution in [0, 0.1) is 15.9 Å². The molecule has 1 fully saturated rings. The molecule has 1 amide bonds. The Kier molecular flexibility index (Phi) is 3.05. The summed E-state index contributed by atoms with van der Waals surface area (Å²) in [7, 11) is 0. The number of nitrogens with zero attached hydrogens (tertiary/aromatic N) is 1. The van der Waals surface area contributed by atoms with Crippen LogP contribution in [0.1, 0.15) is 11.6 Å². The third-order valence-corrected chi connectivity index (χ3v) is 2.58. The van der Waals surface area contributed by atoms with Gasteiger partial charge in [-0.1, -0.05) is 0 Å². The molecule has 9 heteroatoms. The predicted octanol–water partition coefficient (Wildman–Crippen LogP) is 2.15. The molecule has 19 heavy (non-hydrogen) atoms. The molecule has 6 nitrogen and oxygen atoms in total. The van der Waals surface area contributed by atoms with Crippen LogP contribution in [-0.4, -0.2) is 23.5 Å². The Morgan fingerprint density at radius 3 is 2.79 bits per heavy atom. The summed E-state index contributed by atoms with van der Waals surface area (Å²) in [5.41, 5.74) is -1.31. The zero-order valence-corrected chi connectivity index (χ0v) is 9.23. The van der Waals surface area contributed by atoms with Gasteiger partial charge in [0.05, 0.1) is 16.6 Å². The number of benzene rings is 1. The van der Waals surface area contributed by atoms with Gasteiger partial charge in [0.1, 0.15) is 11.9 Å². The van der Waals surface area contributed by atoms with Gasteiger partial charge in [0.15, 0.2) is 6.61 Å². The molecular formula is C10H7F3N2O4. The molecule has 0 radical (unpaired) electrons. The third kappa shape index (κ3) is 2.44. The van der Waals surface area contributed by atoms with E-state index in [0.29, 0.717) is 6.07 Å². The predicted molar refractivity (Wildman–Crippen MR) is 55.2 cm³/mol. The van der Waals surface area contributed by atoms with E-state index in [2.05, 4.69) is 4.74 Å². The summed E-state index contributed by atoms with van der Waals surface area (Å²) in [5.74, 6) is -4.46. The lowest BCUT2D eigenvalue weighted by molar-refractivity contribution is -0.386. The molecule has 2 rings (SSSR count). The largest absolute Gasteiger partial charge is 0.443 e. The first-order chi connectivity index (χ1) is 8.81. The number of nitro groups is 1. The summed E-state index contributed by atoms with van der Waals surface area (Å²) < 4.78 is 44.3. The van der Waals surface area contributed by atoms with Crippen molar-refractivity contribution < 1.29 is 27.6 Å². The maximum atomic E-state index is 13.6. The van der Waals surface area contributed by atoms with Crippen LogP contribution in [0.5, 0.6) is 0 Å². The maximum absolute atomic E-state index is 13.6. The molecule has 1 atom stereocenters. The van der Waals surface area contributed by atoms with Crippen molar-refractivity contribution in [3.63, 3.8) is 0 Å². The number of carbonyl (C=O) groups is 1. The van der Waals surface area contributed by atoms with E-state index in [1.54, 1.807) is 5.32 Å². The summed E-state index contributed by atoms with van der Waals surface area (Å²) in [5, 5.41) is 12.6. The summed E-state index contributed by atoms with van der Waals surface area (Å²) >= 11 is 0. The van der Waals surface area contributed by atoms with Crippen molar-refractivity contribution in [3.05, 3.63) is 39.7 Å². The number of ether oxygens (including phenoxy) is 1. The lowest BCUT2D eigenvalue weighted by atomic mass is 9.98. The first kappa shape index (κ1) is 13.1. The number of hydrogen-bond acceptors (Lipinski definition) is 4. The van der Waals surface area contributed by atoms with Gasteiger partial charge < -0.3 is 10.1 Å². The van der Waals surface area contributed by atoms with Gasteiger partial charge in [0.25, 0.3) is 5.69 Å². The van der Waals surface area contributed by atoms with Crippen molar-refractivity contribution in [1.82, 2.24) is 5.32 Å². The number of nitrogens with one attached hydrogen (secondary N) is 1. The monoisotopic (exact) mass is 276 g/mol. The zero-order valence-electron chi connectivity index (χ0n) is 9.23. The number of halogens is 3. The first-order valence-electron chi connectivity index (χ1n) is 5.06.